The van der Waals surface area contributed by atoms with E-state index >= 15 is 4.39 Å². The lowest BCUT2D eigenvalue weighted by atomic mass is 9.95. The molecule has 0 spiro atoms. The summed E-state index contributed by atoms with van der Waals surface area (Å²) in [6.45, 7) is 8.59. The molecule has 0 bridgehead atoms. The molecule has 0 N–H and O–H groups in total. The molecule has 9 heteroatoms. The Hall–Kier alpha value is -4.16. The van der Waals surface area contributed by atoms with Crippen LogP contribution in [0.2, 0.25) is 0 Å². The summed E-state index contributed by atoms with van der Waals surface area (Å²) in [5, 5.41) is 1.43. The number of fused-ring (bicyclic) bond motifs is 3. The average Bonchev–Trinajstić information content (AvgIpc) is 3.23. The fourth-order valence-electron chi connectivity index (χ4n) is 6.16. The summed E-state index contributed by atoms with van der Waals surface area (Å²) in [6.07, 6.45) is 8.99. The molecule has 4 aromatic rings. The van der Waals surface area contributed by atoms with Crippen molar-refractivity contribution < 1.29 is 27.8 Å². The highest BCUT2D eigenvalue weighted by Crippen LogP contribution is 2.56. The molecular weight excluding hydrogens is 528 g/mol. The fraction of sp³-hybridized carbons (Fsp3) is 0.375. The van der Waals surface area contributed by atoms with Gasteiger partial charge in [0, 0.05) is 60.6 Å². The van der Waals surface area contributed by atoms with Crippen LogP contribution in [0.25, 0.3) is 32.9 Å². The van der Waals surface area contributed by atoms with Gasteiger partial charge in [-0.2, -0.15) is 0 Å². The minimum absolute atomic E-state index is 0.0138. The molecule has 3 heterocycles. The number of hydrogen-bond donors (Lipinski definition) is 0. The Kier molecular flexibility index (Phi) is 6.42. The summed E-state index contributed by atoms with van der Waals surface area (Å²) in [6, 6.07) is 6.34. The molecule has 2 aliphatic rings. The molecular formula is C32H31F2N3O4. The molecule has 0 radical (unpaired) electrons. The highest BCUT2D eigenvalue weighted by molar-refractivity contribution is 6.02. The lowest BCUT2D eigenvalue weighted by molar-refractivity contribution is 0.0267. The van der Waals surface area contributed by atoms with Crippen LogP contribution in [0.1, 0.15) is 37.9 Å². The van der Waals surface area contributed by atoms with Crippen LogP contribution in [0.4, 0.5) is 13.6 Å². The van der Waals surface area contributed by atoms with Crippen LogP contribution in [0.3, 0.4) is 0 Å². The zero-order chi connectivity index (χ0) is 29.2. The minimum Gasteiger partial charge on any atom is -0.468 e. The summed E-state index contributed by atoms with van der Waals surface area (Å²) in [4.78, 5) is 18.8. The lowest BCUT2D eigenvalue weighted by Crippen LogP contribution is -2.37. The summed E-state index contributed by atoms with van der Waals surface area (Å²) < 4.78 is 49.5. The van der Waals surface area contributed by atoms with Crippen molar-refractivity contribution in [1.82, 2.24) is 14.5 Å². The summed E-state index contributed by atoms with van der Waals surface area (Å²) in [5.74, 6) is 2.28. The summed E-state index contributed by atoms with van der Waals surface area (Å²) in [7, 11) is 1.50. The van der Waals surface area contributed by atoms with Gasteiger partial charge < -0.3 is 23.7 Å². The molecule has 2 aromatic heterocycles. The van der Waals surface area contributed by atoms with E-state index in [9.17, 15) is 9.18 Å². The third kappa shape index (κ3) is 4.56. The number of hydrogen-bond acceptors (Lipinski definition) is 5. The molecule has 1 unspecified atom stereocenters. The quantitative estimate of drug-likeness (QED) is 0.208. The number of pyridine rings is 1. The van der Waals surface area contributed by atoms with E-state index in [1.54, 1.807) is 29.3 Å². The van der Waals surface area contributed by atoms with E-state index in [0.717, 1.165) is 5.56 Å². The summed E-state index contributed by atoms with van der Waals surface area (Å²) in [5.41, 5.74) is 1.31. The molecule has 2 aromatic carbocycles. The number of aromatic nitrogens is 2. The monoisotopic (exact) mass is 559 g/mol. The summed E-state index contributed by atoms with van der Waals surface area (Å²) >= 11 is 0. The Morgan fingerprint density at radius 1 is 1.17 bits per heavy atom. The number of carbonyl (C=O) groups excluding carboxylic acids is 1. The Balaban J connectivity index is 1.39. The zero-order valence-electron chi connectivity index (χ0n) is 23.6. The maximum Gasteiger partial charge on any atom is 0.410 e. The van der Waals surface area contributed by atoms with Gasteiger partial charge in [-0.05, 0) is 56.8 Å². The number of piperidine rings is 1. The number of carbonyl (C=O) groups is 1. The first-order chi connectivity index (χ1) is 19.5. The van der Waals surface area contributed by atoms with Gasteiger partial charge in [0.1, 0.15) is 22.9 Å². The van der Waals surface area contributed by atoms with Gasteiger partial charge in [0.2, 0.25) is 0 Å². The van der Waals surface area contributed by atoms with Crippen LogP contribution in [0.5, 0.6) is 5.75 Å². The molecule has 2 fully saturated rings. The first-order valence-electron chi connectivity index (χ1n) is 13.5. The van der Waals surface area contributed by atoms with Crippen LogP contribution in [0.15, 0.2) is 36.7 Å². The normalized spacial score (nSPS) is 19.9. The van der Waals surface area contributed by atoms with Crippen molar-refractivity contribution in [3.8, 4) is 29.4 Å². The predicted octanol–water partition coefficient (Wildman–Crippen LogP) is 6.44. The van der Waals surface area contributed by atoms with Gasteiger partial charge in [-0.25, -0.2) is 13.6 Å². The molecule has 3 atom stereocenters. The smallest absolute Gasteiger partial charge is 0.410 e. The van der Waals surface area contributed by atoms with Crippen molar-refractivity contribution in [2.45, 2.75) is 39.3 Å². The zero-order valence-corrected chi connectivity index (χ0v) is 23.6. The third-order valence-corrected chi connectivity index (χ3v) is 7.91. The van der Waals surface area contributed by atoms with Gasteiger partial charge in [-0.1, -0.05) is 12.0 Å². The van der Waals surface area contributed by atoms with Crippen LogP contribution < -0.4 is 4.74 Å². The number of nitrogens with zero attached hydrogens (tertiary/aromatic N) is 3. The van der Waals surface area contributed by atoms with Crippen LogP contribution >= 0.6 is 0 Å². The van der Waals surface area contributed by atoms with Crippen LogP contribution in [-0.4, -0.2) is 53.1 Å². The fourth-order valence-corrected chi connectivity index (χ4v) is 6.16. The third-order valence-electron chi connectivity index (χ3n) is 7.91. The van der Waals surface area contributed by atoms with Crippen molar-refractivity contribution >= 4 is 27.8 Å². The number of amides is 1. The molecule has 41 heavy (non-hydrogen) atoms. The van der Waals surface area contributed by atoms with E-state index in [-0.39, 0.29) is 42.0 Å². The van der Waals surface area contributed by atoms with Crippen molar-refractivity contribution in [3.05, 3.63) is 59.4 Å². The maximum atomic E-state index is 16.4. The first kappa shape index (κ1) is 27.0. The first-order valence-corrected chi connectivity index (χ1v) is 13.5. The molecule has 7 nitrogen and oxygen atoms in total. The second-order valence-corrected chi connectivity index (χ2v) is 11.8. The van der Waals surface area contributed by atoms with E-state index in [4.69, 9.17) is 20.6 Å². The van der Waals surface area contributed by atoms with E-state index in [1.165, 1.54) is 13.2 Å². The highest BCUT2D eigenvalue weighted by atomic mass is 19.1. The number of aryl methyl sites for hydroxylation is 1. The van der Waals surface area contributed by atoms with E-state index in [2.05, 4.69) is 15.5 Å². The SMILES string of the molecule is C#Cc1c(F)ccc2cc(OCOC)cc(-c3ncc4c(c(C)cn4C4[C@H]5CN(C(=O)OC(C)(C)C)C[C@@H]45)c3F)c12. The number of ether oxygens (including phenoxy) is 3. The Labute approximate surface area is 237 Å². The van der Waals surface area contributed by atoms with Crippen LogP contribution in [0, 0.1) is 42.7 Å². The standard InChI is InChI=1S/C32H31F2N3O4/c1-7-20-24(33)9-8-18-10-19(40-16-39-6)11-21(27(18)20)29-28(34)26-17(2)13-37(25(26)12-35-29)30-22-14-36(15-23(22)30)31(38)41-32(3,4)5/h1,8-13,22-23,30H,14-16H2,2-6H3/t22-,23+,30?. The predicted molar refractivity (Wildman–Crippen MR) is 152 cm³/mol. The van der Waals surface area contributed by atoms with Crippen molar-refractivity contribution in [2.75, 3.05) is 27.0 Å². The molecule has 1 amide bonds. The van der Waals surface area contributed by atoms with Crippen molar-refractivity contribution in [3.63, 3.8) is 0 Å². The van der Waals surface area contributed by atoms with Gasteiger partial charge in [-0.3, -0.25) is 4.98 Å². The number of methoxy groups -OCH3 is 1. The maximum absolute atomic E-state index is 16.4. The highest BCUT2D eigenvalue weighted by Gasteiger charge is 2.58. The second-order valence-electron chi connectivity index (χ2n) is 11.8. The topological polar surface area (TPSA) is 65.8 Å². The second kappa shape index (κ2) is 9.74. The van der Waals surface area contributed by atoms with Crippen molar-refractivity contribution in [2.24, 2.45) is 11.8 Å². The molecule has 1 aliphatic heterocycles. The van der Waals surface area contributed by atoms with Gasteiger partial charge in [0.25, 0.3) is 0 Å². The van der Waals surface area contributed by atoms with E-state index in [0.29, 0.717) is 46.1 Å². The number of halogens is 2. The Morgan fingerprint density at radius 3 is 2.56 bits per heavy atom. The molecule has 212 valence electrons. The number of likely N-dealkylation sites (tertiary alicyclic amines) is 1. The molecule has 1 aliphatic carbocycles. The Morgan fingerprint density at radius 2 is 1.90 bits per heavy atom. The average molecular weight is 560 g/mol. The Bertz CT molecular complexity index is 1740. The molecule has 6 rings (SSSR count). The number of benzene rings is 2. The lowest BCUT2D eigenvalue weighted by Gasteiger charge is -2.26. The van der Waals surface area contributed by atoms with Gasteiger partial charge >= 0.3 is 6.09 Å². The molecule has 1 saturated carbocycles. The minimum atomic E-state index is -0.573. The largest absolute Gasteiger partial charge is 0.468 e. The van der Waals surface area contributed by atoms with E-state index in [1.807, 2.05) is 33.9 Å². The number of terminal acetylenes is 1. The van der Waals surface area contributed by atoms with Gasteiger partial charge in [-0.15, -0.1) is 6.42 Å². The van der Waals surface area contributed by atoms with E-state index < -0.39 is 17.2 Å². The van der Waals surface area contributed by atoms with Gasteiger partial charge in [0.15, 0.2) is 12.6 Å². The van der Waals surface area contributed by atoms with Crippen LogP contribution in [-0.2, 0) is 9.47 Å². The van der Waals surface area contributed by atoms with Crippen molar-refractivity contribution in [1.29, 1.82) is 0 Å². The van der Waals surface area contributed by atoms with Gasteiger partial charge in [0.05, 0.1) is 17.3 Å². The number of rotatable bonds is 5. The molecule has 1 saturated heterocycles.